The molecule has 110 valence electrons. The fourth-order valence-corrected chi connectivity index (χ4v) is 3.41. The van der Waals surface area contributed by atoms with Crippen LogP contribution in [0.2, 0.25) is 0 Å². The third kappa shape index (κ3) is 2.93. The first-order valence-corrected chi connectivity index (χ1v) is 8.14. The van der Waals surface area contributed by atoms with E-state index >= 15 is 0 Å². The van der Waals surface area contributed by atoms with Crippen LogP contribution in [0.25, 0.3) is 0 Å². The van der Waals surface area contributed by atoms with Crippen LogP contribution in [0.4, 0.5) is 0 Å². The van der Waals surface area contributed by atoms with Gasteiger partial charge in [-0.05, 0) is 53.6 Å². The first-order chi connectivity index (χ1) is 9.69. The molecule has 5 heteroatoms. The van der Waals surface area contributed by atoms with Crippen molar-refractivity contribution >= 4 is 21.8 Å². The monoisotopic (exact) mass is 340 g/mol. The highest BCUT2D eigenvalue weighted by atomic mass is 79.9. The lowest BCUT2D eigenvalue weighted by Crippen LogP contribution is -2.40. The molecule has 0 atom stereocenters. The summed E-state index contributed by atoms with van der Waals surface area (Å²) in [6.07, 6.45) is 6.52. The molecule has 3 rings (SSSR count). The Morgan fingerprint density at radius 3 is 2.65 bits per heavy atom. The predicted octanol–water partition coefficient (Wildman–Crippen LogP) is 3.08. The molecule has 1 saturated heterocycles. The standard InChI is InChI=1S/C15H21BrN2O2/c1-20-10-11-4-6-17(7-5-11)15(19)14-8-12(16)9-18(14)13-2-3-13/h8-9,11,13H,2-7,10H2,1H3. The second kappa shape index (κ2) is 5.90. The quantitative estimate of drug-likeness (QED) is 0.844. The molecule has 1 saturated carbocycles. The van der Waals surface area contributed by atoms with Gasteiger partial charge in [-0.2, -0.15) is 0 Å². The van der Waals surface area contributed by atoms with Crippen LogP contribution >= 0.6 is 15.9 Å². The Morgan fingerprint density at radius 2 is 2.05 bits per heavy atom. The first-order valence-electron chi connectivity index (χ1n) is 7.34. The van der Waals surface area contributed by atoms with E-state index in [0.717, 1.165) is 42.7 Å². The minimum Gasteiger partial charge on any atom is -0.384 e. The molecule has 0 bridgehead atoms. The zero-order valence-corrected chi connectivity index (χ0v) is 13.4. The highest BCUT2D eigenvalue weighted by Crippen LogP contribution is 2.38. The summed E-state index contributed by atoms with van der Waals surface area (Å²) < 4.78 is 8.36. The predicted molar refractivity (Wildman–Crippen MR) is 80.9 cm³/mol. The second-order valence-electron chi connectivity index (χ2n) is 5.87. The van der Waals surface area contributed by atoms with Crippen molar-refractivity contribution in [1.29, 1.82) is 0 Å². The van der Waals surface area contributed by atoms with E-state index in [1.54, 1.807) is 7.11 Å². The number of halogens is 1. The van der Waals surface area contributed by atoms with E-state index < -0.39 is 0 Å². The highest BCUT2D eigenvalue weighted by molar-refractivity contribution is 9.10. The van der Waals surface area contributed by atoms with E-state index in [-0.39, 0.29) is 5.91 Å². The summed E-state index contributed by atoms with van der Waals surface area (Å²) >= 11 is 3.49. The van der Waals surface area contributed by atoms with Crippen molar-refractivity contribution < 1.29 is 9.53 Å². The average Bonchev–Trinajstić information content (AvgIpc) is 3.22. The van der Waals surface area contributed by atoms with Gasteiger partial charge in [-0.25, -0.2) is 0 Å². The van der Waals surface area contributed by atoms with E-state index in [1.807, 2.05) is 17.2 Å². The van der Waals surface area contributed by atoms with E-state index in [9.17, 15) is 4.79 Å². The Kier molecular flexibility index (Phi) is 4.17. The van der Waals surface area contributed by atoms with Gasteiger partial charge in [0.25, 0.3) is 5.91 Å². The largest absolute Gasteiger partial charge is 0.384 e. The second-order valence-corrected chi connectivity index (χ2v) is 6.79. The van der Waals surface area contributed by atoms with Crippen molar-refractivity contribution in [2.75, 3.05) is 26.8 Å². The van der Waals surface area contributed by atoms with Crippen LogP contribution in [0.3, 0.4) is 0 Å². The SMILES string of the molecule is COCC1CCN(C(=O)c2cc(Br)cn2C2CC2)CC1. The fourth-order valence-electron chi connectivity index (χ4n) is 2.97. The number of amides is 1. The molecular formula is C15H21BrN2O2. The molecular weight excluding hydrogens is 320 g/mol. The number of hydrogen-bond donors (Lipinski definition) is 0. The molecule has 1 aliphatic carbocycles. The number of aromatic nitrogens is 1. The van der Waals surface area contributed by atoms with Crippen molar-refractivity contribution in [2.45, 2.75) is 31.7 Å². The van der Waals surface area contributed by atoms with Crippen LogP contribution in [-0.4, -0.2) is 42.2 Å². The topological polar surface area (TPSA) is 34.5 Å². The van der Waals surface area contributed by atoms with Crippen LogP contribution in [-0.2, 0) is 4.74 Å². The third-order valence-corrected chi connectivity index (χ3v) is 4.71. The number of methoxy groups -OCH3 is 1. The van der Waals surface area contributed by atoms with Gasteiger partial charge in [0.05, 0.1) is 0 Å². The number of carbonyl (C=O) groups excluding carboxylic acids is 1. The highest BCUT2D eigenvalue weighted by Gasteiger charge is 2.30. The number of nitrogens with zero attached hydrogens (tertiary/aromatic N) is 2. The summed E-state index contributed by atoms with van der Waals surface area (Å²) in [4.78, 5) is 14.7. The molecule has 2 fully saturated rings. The molecule has 1 aromatic rings. The number of carbonyl (C=O) groups is 1. The molecule has 20 heavy (non-hydrogen) atoms. The zero-order chi connectivity index (χ0) is 14.1. The van der Waals surface area contributed by atoms with Gasteiger partial charge in [-0.1, -0.05) is 0 Å². The van der Waals surface area contributed by atoms with Crippen molar-refractivity contribution in [2.24, 2.45) is 5.92 Å². The van der Waals surface area contributed by atoms with Gasteiger partial charge in [0.15, 0.2) is 0 Å². The summed E-state index contributed by atoms with van der Waals surface area (Å²) in [5.41, 5.74) is 0.838. The lowest BCUT2D eigenvalue weighted by atomic mass is 9.97. The van der Waals surface area contributed by atoms with E-state index in [4.69, 9.17) is 4.74 Å². The number of ether oxygens (including phenoxy) is 1. The average molecular weight is 341 g/mol. The number of likely N-dealkylation sites (tertiary alicyclic amines) is 1. The van der Waals surface area contributed by atoms with Gasteiger partial charge in [0, 0.05) is 43.5 Å². The van der Waals surface area contributed by atoms with Gasteiger partial charge in [-0.15, -0.1) is 0 Å². The maximum Gasteiger partial charge on any atom is 0.270 e. The number of rotatable bonds is 4. The summed E-state index contributed by atoms with van der Waals surface area (Å²) in [6, 6.07) is 2.49. The van der Waals surface area contributed by atoms with Crippen molar-refractivity contribution in [3.05, 3.63) is 22.4 Å². The molecule has 0 spiro atoms. The Balaban J connectivity index is 1.67. The van der Waals surface area contributed by atoms with Crippen LogP contribution in [0.5, 0.6) is 0 Å². The van der Waals surface area contributed by atoms with Crippen LogP contribution < -0.4 is 0 Å². The van der Waals surface area contributed by atoms with Crippen LogP contribution in [0, 0.1) is 5.92 Å². The lowest BCUT2D eigenvalue weighted by Gasteiger charge is -2.31. The van der Waals surface area contributed by atoms with E-state index in [2.05, 4.69) is 20.5 Å². The van der Waals surface area contributed by atoms with Gasteiger partial charge < -0.3 is 14.2 Å². The Morgan fingerprint density at radius 1 is 1.35 bits per heavy atom. The third-order valence-electron chi connectivity index (χ3n) is 4.28. The maximum atomic E-state index is 12.7. The fraction of sp³-hybridized carbons (Fsp3) is 0.667. The maximum absolute atomic E-state index is 12.7. The molecule has 4 nitrogen and oxygen atoms in total. The normalized spacial score (nSPS) is 20.4. The lowest BCUT2D eigenvalue weighted by molar-refractivity contribution is 0.0603. The molecule has 0 unspecified atom stereocenters. The molecule has 1 aliphatic heterocycles. The number of piperidine rings is 1. The molecule has 2 aliphatic rings. The van der Waals surface area contributed by atoms with Gasteiger partial charge in [0.2, 0.25) is 0 Å². The van der Waals surface area contributed by atoms with Crippen LogP contribution in [0.15, 0.2) is 16.7 Å². The van der Waals surface area contributed by atoms with Gasteiger partial charge in [-0.3, -0.25) is 4.79 Å². The molecule has 1 aromatic heterocycles. The molecule has 2 heterocycles. The summed E-state index contributed by atoms with van der Waals surface area (Å²) in [6.45, 7) is 2.51. The smallest absolute Gasteiger partial charge is 0.270 e. The van der Waals surface area contributed by atoms with Gasteiger partial charge in [0.1, 0.15) is 5.69 Å². The molecule has 0 N–H and O–H groups in total. The van der Waals surface area contributed by atoms with Crippen molar-refractivity contribution in [1.82, 2.24) is 9.47 Å². The summed E-state index contributed by atoms with van der Waals surface area (Å²) in [7, 11) is 1.75. The minimum absolute atomic E-state index is 0.179. The van der Waals surface area contributed by atoms with E-state index in [0.29, 0.717) is 12.0 Å². The van der Waals surface area contributed by atoms with E-state index in [1.165, 1.54) is 12.8 Å². The molecule has 0 aromatic carbocycles. The summed E-state index contributed by atoms with van der Waals surface area (Å²) in [5.74, 6) is 0.782. The van der Waals surface area contributed by atoms with Crippen LogP contribution in [0.1, 0.15) is 42.2 Å². The van der Waals surface area contributed by atoms with Crippen molar-refractivity contribution in [3.8, 4) is 0 Å². The number of hydrogen-bond acceptors (Lipinski definition) is 2. The Labute approximate surface area is 128 Å². The Hall–Kier alpha value is -0.810. The molecule has 0 radical (unpaired) electrons. The summed E-state index contributed by atoms with van der Waals surface area (Å²) in [5, 5.41) is 0. The van der Waals surface area contributed by atoms with Crippen molar-refractivity contribution in [3.63, 3.8) is 0 Å². The zero-order valence-electron chi connectivity index (χ0n) is 11.8. The van der Waals surface area contributed by atoms with Gasteiger partial charge >= 0.3 is 0 Å². The minimum atomic E-state index is 0.179. The Bertz CT molecular complexity index is 488. The first kappa shape index (κ1) is 14.1. The molecule has 1 amide bonds.